The predicted octanol–water partition coefficient (Wildman–Crippen LogP) is 2.49. The van der Waals surface area contributed by atoms with Crippen molar-refractivity contribution >= 4 is 23.6 Å². The van der Waals surface area contributed by atoms with Gasteiger partial charge in [0.25, 0.3) is 0 Å². The van der Waals surface area contributed by atoms with Crippen LogP contribution in [0.4, 0.5) is 10.5 Å². The van der Waals surface area contributed by atoms with Gasteiger partial charge in [-0.25, -0.2) is 4.79 Å². The molecule has 3 amide bonds. The van der Waals surface area contributed by atoms with Gasteiger partial charge in [0.15, 0.2) is 0 Å². The van der Waals surface area contributed by atoms with Gasteiger partial charge in [-0.1, -0.05) is 32.0 Å². The van der Waals surface area contributed by atoms with E-state index < -0.39 is 11.8 Å². The molecule has 27 heavy (non-hydrogen) atoms. The van der Waals surface area contributed by atoms with Gasteiger partial charge >= 0.3 is 17.9 Å². The number of para-hydroxylation sites is 1. The fourth-order valence-electron chi connectivity index (χ4n) is 3.25. The van der Waals surface area contributed by atoms with Crippen molar-refractivity contribution < 1.29 is 19.1 Å². The lowest BCUT2D eigenvalue weighted by Crippen LogP contribution is -2.49. The number of nitrogens with zero attached hydrogens (tertiary/aromatic N) is 1. The number of carbonyl (C=O) groups excluding carboxylic acids is 3. The fourth-order valence-corrected chi connectivity index (χ4v) is 3.25. The van der Waals surface area contributed by atoms with Crippen molar-refractivity contribution in [2.45, 2.75) is 52.5 Å². The summed E-state index contributed by atoms with van der Waals surface area (Å²) in [5.41, 5.74) is 2.76. The molecule has 1 saturated heterocycles. The van der Waals surface area contributed by atoms with Gasteiger partial charge in [0, 0.05) is 24.8 Å². The van der Waals surface area contributed by atoms with Crippen molar-refractivity contribution in [1.29, 1.82) is 0 Å². The van der Waals surface area contributed by atoms with Gasteiger partial charge in [-0.05, 0) is 43.7 Å². The molecule has 7 nitrogen and oxygen atoms in total. The monoisotopic (exact) mass is 375 g/mol. The quantitative estimate of drug-likeness (QED) is 0.774. The van der Waals surface area contributed by atoms with Gasteiger partial charge < -0.3 is 20.3 Å². The van der Waals surface area contributed by atoms with E-state index in [1.54, 1.807) is 11.8 Å². The Labute approximate surface area is 160 Å². The SMILES string of the molecule is CCOC(=O)N1CCC(NC(=O)C(=O)Nc2c(CC)cccc2CC)CC1. The number of aryl methyl sites for hydroxylation is 2. The second-order valence-electron chi connectivity index (χ2n) is 6.55. The van der Waals surface area contributed by atoms with Gasteiger partial charge in [0.05, 0.1) is 6.61 Å². The standard InChI is InChI=1S/C20H29N3O4/c1-4-14-8-7-9-15(5-2)17(14)22-19(25)18(24)21-16-10-12-23(13-11-16)20(26)27-6-3/h7-9,16H,4-6,10-13H2,1-3H3,(H,21,24)(H,22,25). The molecule has 0 radical (unpaired) electrons. The van der Waals surface area contributed by atoms with E-state index in [1.807, 2.05) is 32.0 Å². The molecule has 1 aliphatic rings. The zero-order valence-corrected chi connectivity index (χ0v) is 16.3. The van der Waals surface area contributed by atoms with Crippen molar-refractivity contribution in [1.82, 2.24) is 10.2 Å². The first-order valence-corrected chi connectivity index (χ1v) is 9.64. The number of anilines is 1. The van der Waals surface area contributed by atoms with Crippen LogP contribution in [-0.2, 0) is 27.2 Å². The van der Waals surface area contributed by atoms with E-state index >= 15 is 0 Å². The molecule has 0 bridgehead atoms. The minimum atomic E-state index is -0.654. The minimum Gasteiger partial charge on any atom is -0.450 e. The molecule has 0 aliphatic carbocycles. The van der Waals surface area contributed by atoms with Crippen LogP contribution in [0.5, 0.6) is 0 Å². The molecule has 0 unspecified atom stereocenters. The van der Waals surface area contributed by atoms with E-state index in [0.717, 1.165) is 29.7 Å². The van der Waals surface area contributed by atoms with Gasteiger partial charge in [0.1, 0.15) is 0 Å². The lowest BCUT2D eigenvalue weighted by atomic mass is 10.0. The van der Waals surface area contributed by atoms with E-state index in [2.05, 4.69) is 10.6 Å². The van der Waals surface area contributed by atoms with E-state index in [0.29, 0.717) is 32.5 Å². The Kier molecular flexibility index (Phi) is 7.64. The molecule has 1 fully saturated rings. The number of hydrogen-bond donors (Lipinski definition) is 2. The minimum absolute atomic E-state index is 0.124. The lowest BCUT2D eigenvalue weighted by Gasteiger charge is -2.31. The Balaban J connectivity index is 1.90. The molecule has 1 aliphatic heterocycles. The first-order valence-electron chi connectivity index (χ1n) is 9.64. The maximum absolute atomic E-state index is 12.4. The first-order chi connectivity index (χ1) is 13.0. The van der Waals surface area contributed by atoms with Gasteiger partial charge in [0.2, 0.25) is 0 Å². The Morgan fingerprint density at radius 2 is 1.63 bits per heavy atom. The second kappa shape index (κ2) is 9.94. The molecule has 7 heteroatoms. The Morgan fingerprint density at radius 1 is 1.04 bits per heavy atom. The number of ether oxygens (including phenoxy) is 1. The van der Waals surface area contributed by atoms with Crippen LogP contribution in [-0.4, -0.2) is 48.5 Å². The topological polar surface area (TPSA) is 87.7 Å². The number of rotatable bonds is 5. The largest absolute Gasteiger partial charge is 0.450 e. The third kappa shape index (κ3) is 5.45. The summed E-state index contributed by atoms with van der Waals surface area (Å²) in [4.78, 5) is 38.0. The molecule has 0 spiro atoms. The summed E-state index contributed by atoms with van der Waals surface area (Å²) in [7, 11) is 0. The average molecular weight is 375 g/mol. The van der Waals surface area contributed by atoms with E-state index in [9.17, 15) is 14.4 Å². The molecule has 1 aromatic rings. The van der Waals surface area contributed by atoms with Crippen LogP contribution in [0.15, 0.2) is 18.2 Å². The summed E-state index contributed by atoms with van der Waals surface area (Å²) in [5.74, 6) is -1.30. The van der Waals surface area contributed by atoms with Crippen LogP contribution in [0.2, 0.25) is 0 Å². The van der Waals surface area contributed by atoms with Crippen molar-refractivity contribution in [2.24, 2.45) is 0 Å². The highest BCUT2D eigenvalue weighted by atomic mass is 16.6. The summed E-state index contributed by atoms with van der Waals surface area (Å²) >= 11 is 0. The summed E-state index contributed by atoms with van der Waals surface area (Å²) in [6.07, 6.45) is 2.42. The highest BCUT2D eigenvalue weighted by molar-refractivity contribution is 6.39. The molecular weight excluding hydrogens is 346 g/mol. The van der Waals surface area contributed by atoms with Crippen molar-refractivity contribution in [2.75, 3.05) is 25.0 Å². The molecule has 2 N–H and O–H groups in total. The summed E-state index contributed by atoms with van der Waals surface area (Å²) in [6, 6.07) is 5.75. The average Bonchev–Trinajstić information content (AvgIpc) is 2.68. The first kappa shape index (κ1) is 20.7. The highest BCUT2D eigenvalue weighted by Crippen LogP contribution is 2.22. The van der Waals surface area contributed by atoms with Crippen molar-refractivity contribution in [3.63, 3.8) is 0 Å². The number of benzene rings is 1. The van der Waals surface area contributed by atoms with Crippen LogP contribution in [0.25, 0.3) is 0 Å². The summed E-state index contributed by atoms with van der Waals surface area (Å²) < 4.78 is 4.98. The zero-order valence-electron chi connectivity index (χ0n) is 16.3. The molecule has 0 aromatic heterocycles. The summed E-state index contributed by atoms with van der Waals surface area (Å²) in [5, 5.41) is 5.55. The highest BCUT2D eigenvalue weighted by Gasteiger charge is 2.26. The number of piperidine rings is 1. The molecular formula is C20H29N3O4. The maximum Gasteiger partial charge on any atom is 0.409 e. The van der Waals surface area contributed by atoms with Crippen molar-refractivity contribution in [3.05, 3.63) is 29.3 Å². The van der Waals surface area contributed by atoms with E-state index in [4.69, 9.17) is 4.74 Å². The summed E-state index contributed by atoms with van der Waals surface area (Å²) in [6.45, 7) is 7.15. The van der Waals surface area contributed by atoms with E-state index in [-0.39, 0.29) is 12.1 Å². The van der Waals surface area contributed by atoms with E-state index in [1.165, 1.54) is 0 Å². The van der Waals surface area contributed by atoms with Crippen LogP contribution < -0.4 is 10.6 Å². The zero-order chi connectivity index (χ0) is 19.8. The number of nitrogens with one attached hydrogen (secondary N) is 2. The van der Waals surface area contributed by atoms with Crippen LogP contribution >= 0.6 is 0 Å². The molecule has 148 valence electrons. The Bertz CT molecular complexity index is 660. The molecule has 0 saturated carbocycles. The predicted molar refractivity (Wildman–Crippen MR) is 104 cm³/mol. The second-order valence-corrected chi connectivity index (χ2v) is 6.55. The normalized spacial score (nSPS) is 14.6. The van der Waals surface area contributed by atoms with Crippen LogP contribution in [0, 0.1) is 0 Å². The van der Waals surface area contributed by atoms with Crippen LogP contribution in [0.3, 0.4) is 0 Å². The molecule has 0 atom stereocenters. The van der Waals surface area contributed by atoms with Crippen molar-refractivity contribution in [3.8, 4) is 0 Å². The maximum atomic E-state index is 12.4. The number of carbonyl (C=O) groups is 3. The number of hydrogen-bond acceptors (Lipinski definition) is 4. The Morgan fingerprint density at radius 3 is 2.15 bits per heavy atom. The third-order valence-corrected chi connectivity index (χ3v) is 4.80. The molecule has 2 rings (SSSR count). The van der Waals surface area contributed by atoms with Gasteiger partial charge in [-0.2, -0.15) is 0 Å². The third-order valence-electron chi connectivity index (χ3n) is 4.80. The van der Waals surface area contributed by atoms with Crippen LogP contribution in [0.1, 0.15) is 44.7 Å². The molecule has 1 heterocycles. The van der Waals surface area contributed by atoms with Gasteiger partial charge in [-0.3, -0.25) is 9.59 Å². The smallest absolute Gasteiger partial charge is 0.409 e. The Hall–Kier alpha value is -2.57. The van der Waals surface area contributed by atoms with Gasteiger partial charge in [-0.15, -0.1) is 0 Å². The lowest BCUT2D eigenvalue weighted by molar-refractivity contribution is -0.136. The fraction of sp³-hybridized carbons (Fsp3) is 0.550. The number of amides is 3. The molecule has 1 aromatic carbocycles. The number of likely N-dealkylation sites (tertiary alicyclic amines) is 1.